The van der Waals surface area contributed by atoms with E-state index in [9.17, 15) is 9.59 Å². The summed E-state index contributed by atoms with van der Waals surface area (Å²) >= 11 is 18.8. The largest absolute Gasteiger partial charge is 0.326 e. The molecule has 1 aliphatic rings. The number of carbonyl (C=O) groups excluding carboxylic acids is 2. The maximum absolute atomic E-state index is 12.2. The minimum Gasteiger partial charge on any atom is -0.326 e. The lowest BCUT2D eigenvalue weighted by molar-refractivity contribution is -0.122. The second kappa shape index (κ2) is 8.31. The molecule has 0 bridgehead atoms. The highest BCUT2D eigenvalue weighted by Crippen LogP contribution is 2.27. The van der Waals surface area contributed by atoms with Gasteiger partial charge in [0.05, 0.1) is 5.69 Å². The van der Waals surface area contributed by atoms with Gasteiger partial charge in [0.1, 0.15) is 5.25 Å². The average Bonchev–Trinajstić information content (AvgIpc) is 2.88. The van der Waals surface area contributed by atoms with Crippen LogP contribution in [-0.2, 0) is 9.59 Å². The Hall–Kier alpha value is -1.73. The molecule has 0 aromatic heterocycles. The van der Waals surface area contributed by atoms with Crippen molar-refractivity contribution in [2.24, 2.45) is 4.99 Å². The van der Waals surface area contributed by atoms with Crippen LogP contribution >= 0.6 is 46.6 Å². The van der Waals surface area contributed by atoms with Crippen LogP contribution in [0.5, 0.6) is 0 Å². The Morgan fingerprint density at radius 1 is 1.08 bits per heavy atom. The van der Waals surface area contributed by atoms with E-state index < -0.39 is 5.25 Å². The maximum Gasteiger partial charge on any atom is 0.240 e. The predicted molar refractivity (Wildman–Crippen MR) is 108 cm³/mol. The van der Waals surface area contributed by atoms with E-state index in [4.69, 9.17) is 34.8 Å². The van der Waals surface area contributed by atoms with Crippen molar-refractivity contribution in [3.05, 3.63) is 57.5 Å². The fourth-order valence-corrected chi connectivity index (χ4v) is 3.87. The molecule has 26 heavy (non-hydrogen) atoms. The number of amidine groups is 1. The summed E-state index contributed by atoms with van der Waals surface area (Å²) in [7, 11) is 0. The minimum atomic E-state index is -0.560. The molecule has 2 aromatic rings. The summed E-state index contributed by atoms with van der Waals surface area (Å²) < 4.78 is 0. The Balaban J connectivity index is 1.62. The van der Waals surface area contributed by atoms with E-state index in [0.29, 0.717) is 31.6 Å². The van der Waals surface area contributed by atoms with Gasteiger partial charge in [0.25, 0.3) is 0 Å². The lowest BCUT2D eigenvalue weighted by atomic mass is 10.2. The quantitative estimate of drug-likeness (QED) is 0.728. The number of anilines is 1. The number of hydrogen-bond donors (Lipinski definition) is 2. The molecular weight excluding hydrogens is 417 g/mol. The molecule has 1 atom stereocenters. The Morgan fingerprint density at radius 3 is 2.38 bits per heavy atom. The molecule has 2 N–H and O–H groups in total. The third-order valence-electron chi connectivity index (χ3n) is 3.35. The number of thioether (sulfide) groups is 1. The van der Waals surface area contributed by atoms with Gasteiger partial charge < -0.3 is 10.6 Å². The molecule has 2 amide bonds. The number of amides is 2. The first-order valence-corrected chi connectivity index (χ1v) is 9.48. The van der Waals surface area contributed by atoms with Crippen LogP contribution in [-0.4, -0.2) is 22.2 Å². The molecule has 1 saturated heterocycles. The zero-order valence-corrected chi connectivity index (χ0v) is 16.2. The molecule has 5 nitrogen and oxygen atoms in total. The highest BCUT2D eigenvalue weighted by atomic mass is 35.5. The van der Waals surface area contributed by atoms with Gasteiger partial charge in [-0.3, -0.25) is 9.59 Å². The van der Waals surface area contributed by atoms with Crippen LogP contribution in [0.25, 0.3) is 0 Å². The molecular formula is C17H12Cl3N3O2S. The Bertz CT molecular complexity index is 867. The topological polar surface area (TPSA) is 70.6 Å². The molecule has 0 aliphatic carbocycles. The first kappa shape index (κ1) is 19.0. The Kier molecular flexibility index (Phi) is 6.09. The van der Waals surface area contributed by atoms with E-state index in [2.05, 4.69) is 15.6 Å². The number of nitrogens with zero attached hydrogens (tertiary/aromatic N) is 1. The van der Waals surface area contributed by atoms with Gasteiger partial charge in [-0.25, -0.2) is 4.99 Å². The summed E-state index contributed by atoms with van der Waals surface area (Å²) in [5, 5.41) is 6.68. The van der Waals surface area contributed by atoms with Crippen molar-refractivity contribution >= 4 is 74.9 Å². The van der Waals surface area contributed by atoms with Crippen molar-refractivity contribution in [2.75, 3.05) is 5.32 Å². The standard InChI is InChI=1S/C17H12Cl3N3O2S/c18-9-1-3-12(4-2-9)22-17-23-16(25)14(26-17)8-15(24)21-13-6-10(19)5-11(20)7-13/h1-7,14H,8H2,(H,21,24)(H,22,23,25). The summed E-state index contributed by atoms with van der Waals surface area (Å²) in [5.41, 5.74) is 1.14. The zero-order chi connectivity index (χ0) is 18.7. The van der Waals surface area contributed by atoms with E-state index in [1.54, 1.807) is 42.5 Å². The summed E-state index contributed by atoms with van der Waals surface area (Å²) in [4.78, 5) is 28.6. The maximum atomic E-state index is 12.2. The predicted octanol–water partition coefficient (Wildman–Crippen LogP) is 4.89. The number of aliphatic imine (C=N–C) groups is 1. The van der Waals surface area contributed by atoms with Crippen molar-refractivity contribution in [1.82, 2.24) is 5.32 Å². The monoisotopic (exact) mass is 427 g/mol. The van der Waals surface area contributed by atoms with E-state index in [-0.39, 0.29) is 18.2 Å². The molecule has 2 aromatic carbocycles. The summed E-state index contributed by atoms with van der Waals surface area (Å²) in [6.07, 6.45) is 0.000268. The molecule has 3 rings (SSSR count). The van der Waals surface area contributed by atoms with Crippen LogP contribution in [0, 0.1) is 0 Å². The van der Waals surface area contributed by atoms with Gasteiger partial charge in [-0.15, -0.1) is 0 Å². The fourth-order valence-electron chi connectivity index (χ4n) is 2.23. The van der Waals surface area contributed by atoms with E-state index in [1.807, 2.05) is 0 Å². The third kappa shape index (κ3) is 5.14. The third-order valence-corrected chi connectivity index (χ3v) is 5.12. The molecule has 1 unspecified atom stereocenters. The Morgan fingerprint density at radius 2 is 1.73 bits per heavy atom. The van der Waals surface area contributed by atoms with Crippen molar-refractivity contribution in [3.63, 3.8) is 0 Å². The number of nitrogens with one attached hydrogen (secondary N) is 2. The van der Waals surface area contributed by atoms with Crippen molar-refractivity contribution in [2.45, 2.75) is 11.7 Å². The molecule has 1 heterocycles. The molecule has 134 valence electrons. The number of rotatable bonds is 4. The van der Waals surface area contributed by atoms with Crippen LogP contribution in [0.3, 0.4) is 0 Å². The van der Waals surface area contributed by atoms with E-state index in [1.165, 1.54) is 11.8 Å². The van der Waals surface area contributed by atoms with Gasteiger partial charge in [0.2, 0.25) is 11.8 Å². The summed E-state index contributed by atoms with van der Waals surface area (Å²) in [5.74, 6) is -0.578. The lowest BCUT2D eigenvalue weighted by Crippen LogP contribution is -2.28. The smallest absolute Gasteiger partial charge is 0.240 e. The highest BCUT2D eigenvalue weighted by molar-refractivity contribution is 8.15. The average molecular weight is 429 g/mol. The first-order valence-electron chi connectivity index (χ1n) is 7.47. The zero-order valence-electron chi connectivity index (χ0n) is 13.1. The van der Waals surface area contributed by atoms with Crippen molar-refractivity contribution < 1.29 is 9.59 Å². The van der Waals surface area contributed by atoms with Crippen LogP contribution in [0.15, 0.2) is 47.5 Å². The van der Waals surface area contributed by atoms with E-state index in [0.717, 1.165) is 0 Å². The molecule has 9 heteroatoms. The first-order chi connectivity index (χ1) is 12.4. The number of hydrogen-bond acceptors (Lipinski definition) is 4. The highest BCUT2D eigenvalue weighted by Gasteiger charge is 2.32. The molecule has 0 saturated carbocycles. The number of benzene rings is 2. The van der Waals surface area contributed by atoms with Gasteiger partial charge in [-0.2, -0.15) is 0 Å². The molecule has 0 spiro atoms. The van der Waals surface area contributed by atoms with Gasteiger partial charge in [-0.05, 0) is 42.5 Å². The summed E-state index contributed by atoms with van der Waals surface area (Å²) in [6.45, 7) is 0. The van der Waals surface area contributed by atoms with Crippen LogP contribution < -0.4 is 10.6 Å². The van der Waals surface area contributed by atoms with Crippen molar-refractivity contribution in [1.29, 1.82) is 0 Å². The van der Waals surface area contributed by atoms with Crippen LogP contribution in [0.1, 0.15) is 6.42 Å². The molecule has 1 aliphatic heterocycles. The van der Waals surface area contributed by atoms with Gasteiger partial charge >= 0.3 is 0 Å². The normalized spacial score (nSPS) is 18.0. The van der Waals surface area contributed by atoms with Gasteiger partial charge in [0.15, 0.2) is 5.17 Å². The molecule has 1 fully saturated rings. The van der Waals surface area contributed by atoms with Gasteiger partial charge in [-0.1, -0.05) is 46.6 Å². The van der Waals surface area contributed by atoms with Crippen molar-refractivity contribution in [3.8, 4) is 0 Å². The van der Waals surface area contributed by atoms with E-state index >= 15 is 0 Å². The Labute approximate surface area is 169 Å². The summed E-state index contributed by atoms with van der Waals surface area (Å²) in [6, 6.07) is 11.6. The van der Waals surface area contributed by atoms with Crippen LogP contribution in [0.4, 0.5) is 11.4 Å². The number of carbonyl (C=O) groups is 2. The fraction of sp³-hybridized carbons (Fsp3) is 0.118. The second-order valence-corrected chi connectivity index (χ2v) is 7.90. The lowest BCUT2D eigenvalue weighted by Gasteiger charge is -2.08. The molecule has 0 radical (unpaired) electrons. The number of halogens is 3. The van der Waals surface area contributed by atoms with Crippen LogP contribution in [0.2, 0.25) is 15.1 Å². The minimum absolute atomic E-state index is 0.000268. The second-order valence-electron chi connectivity index (χ2n) is 5.40. The SMILES string of the molecule is O=C(CC1SC(=Nc2ccc(Cl)cc2)NC1=O)Nc1cc(Cl)cc(Cl)c1. The van der Waals surface area contributed by atoms with Gasteiger partial charge in [0, 0.05) is 27.2 Å².